The van der Waals surface area contributed by atoms with E-state index in [4.69, 9.17) is 0 Å². The molecule has 5 heteroatoms. The predicted octanol–water partition coefficient (Wildman–Crippen LogP) is 2.95. The molecule has 1 saturated heterocycles. The quantitative estimate of drug-likeness (QED) is 0.910. The van der Waals surface area contributed by atoms with Crippen molar-refractivity contribution in [3.05, 3.63) is 28.2 Å². The molecule has 0 bridgehead atoms. The van der Waals surface area contributed by atoms with Gasteiger partial charge in [0.15, 0.2) is 0 Å². The van der Waals surface area contributed by atoms with Crippen molar-refractivity contribution < 1.29 is 9.59 Å². The lowest BCUT2D eigenvalue weighted by Crippen LogP contribution is -2.30. The van der Waals surface area contributed by atoms with E-state index >= 15 is 0 Å². The van der Waals surface area contributed by atoms with Crippen molar-refractivity contribution in [1.29, 1.82) is 0 Å². The van der Waals surface area contributed by atoms with E-state index in [-0.39, 0.29) is 23.7 Å². The van der Waals surface area contributed by atoms with Crippen LogP contribution in [0.15, 0.2) is 22.7 Å². The molecule has 1 aliphatic heterocycles. The van der Waals surface area contributed by atoms with E-state index < -0.39 is 0 Å². The van der Waals surface area contributed by atoms with E-state index in [2.05, 4.69) is 21.2 Å². The van der Waals surface area contributed by atoms with Gasteiger partial charge < -0.3 is 10.2 Å². The summed E-state index contributed by atoms with van der Waals surface area (Å²) < 4.78 is 0.973. The topological polar surface area (TPSA) is 49.4 Å². The largest absolute Gasteiger partial charge is 0.342 e. The molecule has 1 saturated carbocycles. The molecule has 0 spiro atoms. The Hall–Kier alpha value is -1.36. The third-order valence-electron chi connectivity index (χ3n) is 4.30. The molecule has 0 aromatic heterocycles. The van der Waals surface area contributed by atoms with Crippen LogP contribution < -0.4 is 5.32 Å². The summed E-state index contributed by atoms with van der Waals surface area (Å²) in [5.74, 6) is -0.129. The fourth-order valence-electron chi connectivity index (χ4n) is 2.84. The van der Waals surface area contributed by atoms with Crippen molar-refractivity contribution >= 4 is 33.4 Å². The fourth-order valence-corrected chi connectivity index (χ4v) is 3.21. The third-order valence-corrected chi connectivity index (χ3v) is 5.16. The van der Waals surface area contributed by atoms with Crippen LogP contribution in [-0.2, 0) is 9.59 Å². The lowest BCUT2D eigenvalue weighted by atomic mass is 10.2. The Kier molecular flexibility index (Phi) is 4.02. The Bertz CT molecular complexity index is 582. The van der Waals surface area contributed by atoms with Crippen LogP contribution in [0.2, 0.25) is 0 Å². The summed E-state index contributed by atoms with van der Waals surface area (Å²) in [6, 6.07) is 5.74. The highest BCUT2D eigenvalue weighted by molar-refractivity contribution is 9.10. The summed E-state index contributed by atoms with van der Waals surface area (Å²) in [4.78, 5) is 26.3. The Morgan fingerprint density at radius 2 is 1.95 bits per heavy atom. The second kappa shape index (κ2) is 5.79. The van der Waals surface area contributed by atoms with Gasteiger partial charge in [0.25, 0.3) is 0 Å². The predicted molar refractivity (Wildman–Crippen MR) is 84.9 cm³/mol. The number of nitrogens with zero attached hydrogens (tertiary/aromatic N) is 1. The summed E-state index contributed by atoms with van der Waals surface area (Å²) in [5.41, 5.74) is 1.90. The van der Waals surface area contributed by atoms with Gasteiger partial charge in [-0.3, -0.25) is 9.59 Å². The number of halogens is 1. The van der Waals surface area contributed by atoms with Gasteiger partial charge in [-0.05, 0) is 43.9 Å². The Morgan fingerprint density at radius 3 is 2.62 bits per heavy atom. The average molecular weight is 351 g/mol. The van der Waals surface area contributed by atoms with Gasteiger partial charge in [0.05, 0.1) is 11.8 Å². The second-order valence-corrected chi connectivity index (χ2v) is 6.79. The van der Waals surface area contributed by atoms with Crippen molar-refractivity contribution in [3.8, 4) is 0 Å². The molecular weight excluding hydrogens is 332 g/mol. The zero-order valence-electron chi connectivity index (χ0n) is 12.1. The first kappa shape index (κ1) is 14.6. The molecule has 1 aliphatic carbocycles. The number of hydrogen-bond acceptors (Lipinski definition) is 2. The standard InChI is InChI=1S/C16H19BrN2O2/c1-10-4-5-11(8-14(10)17)18-15(20)12-9-13(12)16(21)19-6-2-3-7-19/h4-5,8,12-13H,2-3,6-7,9H2,1H3,(H,18,20). The van der Waals surface area contributed by atoms with Crippen molar-refractivity contribution in [2.75, 3.05) is 18.4 Å². The number of carbonyl (C=O) groups is 2. The van der Waals surface area contributed by atoms with Gasteiger partial charge in [-0.1, -0.05) is 22.0 Å². The number of aryl methyl sites for hydroxylation is 1. The number of anilines is 1. The highest BCUT2D eigenvalue weighted by atomic mass is 79.9. The van der Waals surface area contributed by atoms with Crippen LogP contribution in [0.3, 0.4) is 0 Å². The average Bonchev–Trinajstić information content (AvgIpc) is 3.08. The van der Waals surface area contributed by atoms with Gasteiger partial charge >= 0.3 is 0 Å². The number of nitrogens with one attached hydrogen (secondary N) is 1. The third kappa shape index (κ3) is 3.12. The number of hydrogen-bond donors (Lipinski definition) is 1. The zero-order chi connectivity index (χ0) is 15.0. The lowest BCUT2D eigenvalue weighted by molar-refractivity contribution is -0.133. The van der Waals surface area contributed by atoms with Gasteiger partial charge in [0.1, 0.15) is 0 Å². The van der Waals surface area contributed by atoms with E-state index in [0.29, 0.717) is 6.42 Å². The van der Waals surface area contributed by atoms with Crippen LogP contribution >= 0.6 is 15.9 Å². The number of amides is 2. The first-order chi connectivity index (χ1) is 10.1. The van der Waals surface area contributed by atoms with Gasteiger partial charge in [0, 0.05) is 23.2 Å². The van der Waals surface area contributed by atoms with Crippen molar-refractivity contribution in [2.24, 2.45) is 11.8 Å². The minimum Gasteiger partial charge on any atom is -0.342 e. The molecule has 2 atom stereocenters. The molecule has 1 aromatic rings. The minimum absolute atomic E-state index is 0.0386. The van der Waals surface area contributed by atoms with Crippen molar-refractivity contribution in [3.63, 3.8) is 0 Å². The zero-order valence-corrected chi connectivity index (χ0v) is 13.6. The molecule has 2 unspecified atom stereocenters. The van der Waals surface area contributed by atoms with Crippen LogP contribution in [-0.4, -0.2) is 29.8 Å². The molecule has 3 rings (SSSR count). The molecular formula is C16H19BrN2O2. The maximum atomic E-state index is 12.2. The Labute approximate surface area is 133 Å². The Balaban J connectivity index is 1.57. The highest BCUT2D eigenvalue weighted by Crippen LogP contribution is 2.41. The van der Waals surface area contributed by atoms with Gasteiger partial charge in [-0.2, -0.15) is 0 Å². The van der Waals surface area contributed by atoms with E-state index in [1.165, 1.54) is 0 Å². The smallest absolute Gasteiger partial charge is 0.228 e. The first-order valence-electron chi connectivity index (χ1n) is 7.42. The number of rotatable bonds is 3. The molecule has 2 fully saturated rings. The molecule has 0 radical (unpaired) electrons. The van der Waals surface area contributed by atoms with E-state index in [0.717, 1.165) is 41.7 Å². The summed E-state index contributed by atoms with van der Waals surface area (Å²) >= 11 is 3.46. The molecule has 1 aromatic carbocycles. The lowest BCUT2D eigenvalue weighted by Gasteiger charge is -2.14. The number of benzene rings is 1. The SMILES string of the molecule is Cc1ccc(NC(=O)C2CC2C(=O)N2CCCC2)cc1Br. The summed E-state index contributed by atoms with van der Waals surface area (Å²) in [6.07, 6.45) is 2.87. The molecule has 21 heavy (non-hydrogen) atoms. The fraction of sp³-hybridized carbons (Fsp3) is 0.500. The second-order valence-electron chi connectivity index (χ2n) is 5.93. The summed E-state index contributed by atoms with van der Waals surface area (Å²) in [6.45, 7) is 3.71. The van der Waals surface area contributed by atoms with E-state index in [9.17, 15) is 9.59 Å². The minimum atomic E-state index is -0.154. The van der Waals surface area contributed by atoms with Crippen LogP contribution in [0.25, 0.3) is 0 Å². The van der Waals surface area contributed by atoms with Gasteiger partial charge in [-0.25, -0.2) is 0 Å². The van der Waals surface area contributed by atoms with Gasteiger partial charge in [-0.15, -0.1) is 0 Å². The summed E-state index contributed by atoms with van der Waals surface area (Å²) in [7, 11) is 0. The monoisotopic (exact) mass is 350 g/mol. The van der Waals surface area contributed by atoms with Gasteiger partial charge in [0.2, 0.25) is 11.8 Å². The molecule has 2 amide bonds. The van der Waals surface area contributed by atoms with Crippen LogP contribution in [0, 0.1) is 18.8 Å². The first-order valence-corrected chi connectivity index (χ1v) is 8.21. The number of likely N-dealkylation sites (tertiary alicyclic amines) is 1. The molecule has 1 N–H and O–H groups in total. The molecule has 4 nitrogen and oxygen atoms in total. The van der Waals surface area contributed by atoms with Crippen LogP contribution in [0.4, 0.5) is 5.69 Å². The maximum Gasteiger partial charge on any atom is 0.228 e. The normalized spacial score (nSPS) is 24.0. The molecule has 1 heterocycles. The summed E-state index contributed by atoms with van der Waals surface area (Å²) in [5, 5.41) is 2.91. The van der Waals surface area contributed by atoms with Crippen LogP contribution in [0.5, 0.6) is 0 Å². The number of carbonyl (C=O) groups excluding carboxylic acids is 2. The van der Waals surface area contributed by atoms with E-state index in [1.807, 2.05) is 30.0 Å². The Morgan fingerprint density at radius 1 is 1.24 bits per heavy atom. The van der Waals surface area contributed by atoms with Crippen LogP contribution in [0.1, 0.15) is 24.8 Å². The van der Waals surface area contributed by atoms with Crippen molar-refractivity contribution in [2.45, 2.75) is 26.2 Å². The maximum absolute atomic E-state index is 12.2. The van der Waals surface area contributed by atoms with Crippen molar-refractivity contribution in [1.82, 2.24) is 4.90 Å². The van der Waals surface area contributed by atoms with E-state index in [1.54, 1.807) is 0 Å². The highest BCUT2D eigenvalue weighted by Gasteiger charge is 2.49. The molecule has 2 aliphatic rings. The molecule has 112 valence electrons.